The third kappa shape index (κ3) is 2.27. The zero-order valence-corrected chi connectivity index (χ0v) is 12.6. The van der Waals surface area contributed by atoms with Crippen LogP contribution in [0.15, 0.2) is 12.1 Å². The summed E-state index contributed by atoms with van der Waals surface area (Å²) < 4.78 is 0. The minimum atomic E-state index is -0.484. The normalized spacial score (nSPS) is 22.7. The number of hydrogen-bond donors (Lipinski definition) is 1. The van der Waals surface area contributed by atoms with E-state index in [1.807, 2.05) is 18.7 Å². The molecule has 19 heavy (non-hydrogen) atoms. The van der Waals surface area contributed by atoms with Crippen LogP contribution in [-0.2, 0) is 4.79 Å². The van der Waals surface area contributed by atoms with Crippen molar-refractivity contribution in [3.05, 3.63) is 28.8 Å². The van der Waals surface area contributed by atoms with E-state index < -0.39 is 5.41 Å². The van der Waals surface area contributed by atoms with Gasteiger partial charge in [0.25, 0.3) is 0 Å². The van der Waals surface area contributed by atoms with Gasteiger partial charge in [-0.15, -0.1) is 0 Å². The molecule has 1 atom stereocenters. The van der Waals surface area contributed by atoms with Crippen LogP contribution in [0.3, 0.4) is 0 Å². The smallest absolute Gasteiger partial charge is 0.234 e. The molecule has 1 saturated heterocycles. The number of nitrogens with two attached hydrogens (primary N) is 1. The lowest BCUT2D eigenvalue weighted by Gasteiger charge is -2.42. The van der Waals surface area contributed by atoms with Crippen molar-refractivity contribution in [2.45, 2.75) is 47.1 Å². The minimum Gasteiger partial charge on any atom is -0.327 e. The average molecular weight is 260 g/mol. The molecule has 0 bridgehead atoms. The molecule has 1 aromatic carbocycles. The van der Waals surface area contributed by atoms with Gasteiger partial charge in [0, 0.05) is 18.3 Å². The molecule has 1 amide bonds. The quantitative estimate of drug-likeness (QED) is 0.844. The number of nitrogens with zero attached hydrogens (tertiary/aromatic N) is 1. The van der Waals surface area contributed by atoms with E-state index in [1.165, 1.54) is 5.56 Å². The van der Waals surface area contributed by atoms with E-state index in [4.69, 9.17) is 5.73 Å². The summed E-state index contributed by atoms with van der Waals surface area (Å²) in [6.07, 6.45) is 0.853. The summed E-state index contributed by atoms with van der Waals surface area (Å²) >= 11 is 0. The van der Waals surface area contributed by atoms with Crippen LogP contribution in [0.5, 0.6) is 0 Å². The predicted molar refractivity (Wildman–Crippen MR) is 79.4 cm³/mol. The van der Waals surface area contributed by atoms with Crippen LogP contribution in [0.2, 0.25) is 0 Å². The summed E-state index contributed by atoms with van der Waals surface area (Å²) in [5, 5.41) is 0. The lowest BCUT2D eigenvalue weighted by atomic mass is 9.78. The van der Waals surface area contributed by atoms with Gasteiger partial charge in [-0.1, -0.05) is 17.7 Å². The molecule has 3 nitrogen and oxygen atoms in total. The Morgan fingerprint density at radius 2 is 1.74 bits per heavy atom. The summed E-state index contributed by atoms with van der Waals surface area (Å²) in [4.78, 5) is 14.6. The van der Waals surface area contributed by atoms with Crippen molar-refractivity contribution in [1.29, 1.82) is 0 Å². The van der Waals surface area contributed by atoms with Crippen LogP contribution in [0.4, 0.5) is 5.69 Å². The first-order chi connectivity index (χ1) is 8.75. The maximum absolute atomic E-state index is 12.7. The molecule has 1 aliphatic heterocycles. The van der Waals surface area contributed by atoms with Crippen LogP contribution in [0, 0.1) is 26.2 Å². The fourth-order valence-corrected chi connectivity index (χ4v) is 3.05. The Hall–Kier alpha value is -1.35. The van der Waals surface area contributed by atoms with E-state index in [0.717, 1.165) is 23.2 Å². The Labute approximate surface area is 115 Å². The van der Waals surface area contributed by atoms with E-state index >= 15 is 0 Å². The average Bonchev–Trinajstić information content (AvgIpc) is 2.28. The molecule has 0 aliphatic carbocycles. The number of aryl methyl sites for hydroxylation is 3. The zero-order chi connectivity index (χ0) is 14.4. The molecular weight excluding hydrogens is 236 g/mol. The van der Waals surface area contributed by atoms with Gasteiger partial charge in [-0.25, -0.2) is 0 Å². The third-order valence-corrected chi connectivity index (χ3v) is 4.29. The summed E-state index contributed by atoms with van der Waals surface area (Å²) in [6.45, 7) is 10.8. The number of piperidine rings is 1. The van der Waals surface area contributed by atoms with Gasteiger partial charge in [0.05, 0.1) is 5.41 Å². The second-order valence-electron chi connectivity index (χ2n) is 6.32. The predicted octanol–water partition coefficient (Wildman–Crippen LogP) is 2.70. The highest BCUT2D eigenvalue weighted by Gasteiger charge is 2.42. The van der Waals surface area contributed by atoms with E-state index in [9.17, 15) is 4.79 Å². The fourth-order valence-electron chi connectivity index (χ4n) is 3.05. The van der Waals surface area contributed by atoms with Crippen LogP contribution < -0.4 is 10.6 Å². The van der Waals surface area contributed by atoms with Crippen molar-refractivity contribution >= 4 is 11.6 Å². The van der Waals surface area contributed by atoms with Gasteiger partial charge in [-0.05, 0) is 52.2 Å². The van der Waals surface area contributed by atoms with Crippen LogP contribution in [0.1, 0.15) is 37.0 Å². The van der Waals surface area contributed by atoms with Gasteiger partial charge in [0.15, 0.2) is 0 Å². The number of carbonyl (C=O) groups excluding carboxylic acids is 1. The van der Waals surface area contributed by atoms with Crippen LogP contribution in [0.25, 0.3) is 0 Å². The fraction of sp³-hybridized carbons (Fsp3) is 0.562. The minimum absolute atomic E-state index is 0.0534. The molecule has 2 rings (SSSR count). The molecule has 2 N–H and O–H groups in total. The molecular formula is C16H24N2O. The molecule has 1 aromatic rings. The Kier molecular flexibility index (Phi) is 3.43. The number of rotatable bonds is 1. The monoisotopic (exact) mass is 260 g/mol. The van der Waals surface area contributed by atoms with Gasteiger partial charge in [0.2, 0.25) is 5.91 Å². The molecule has 1 heterocycles. The SMILES string of the molecule is Cc1cc(C)c(N2CCC(N)C(C)(C)C2=O)c(C)c1. The summed E-state index contributed by atoms with van der Waals surface area (Å²) in [6, 6.07) is 4.22. The molecule has 104 valence electrons. The van der Waals surface area contributed by atoms with Gasteiger partial charge in [-0.3, -0.25) is 4.79 Å². The van der Waals surface area contributed by atoms with Crippen molar-refractivity contribution < 1.29 is 4.79 Å². The van der Waals surface area contributed by atoms with E-state index in [2.05, 4.69) is 32.9 Å². The highest BCUT2D eigenvalue weighted by molar-refractivity contribution is 5.99. The Balaban J connectivity index is 2.46. The molecule has 3 heteroatoms. The first kappa shape index (κ1) is 14.1. The van der Waals surface area contributed by atoms with Crippen molar-refractivity contribution in [3.63, 3.8) is 0 Å². The number of anilines is 1. The maximum Gasteiger partial charge on any atom is 0.234 e. The lowest BCUT2D eigenvalue weighted by molar-refractivity contribution is -0.129. The Bertz CT molecular complexity index is 496. The second-order valence-corrected chi connectivity index (χ2v) is 6.32. The van der Waals surface area contributed by atoms with E-state index in [-0.39, 0.29) is 11.9 Å². The van der Waals surface area contributed by atoms with Crippen molar-refractivity contribution in [2.24, 2.45) is 11.1 Å². The van der Waals surface area contributed by atoms with Crippen LogP contribution >= 0.6 is 0 Å². The number of benzene rings is 1. The largest absolute Gasteiger partial charge is 0.327 e. The lowest BCUT2D eigenvalue weighted by Crippen LogP contribution is -2.57. The molecule has 1 fully saturated rings. The zero-order valence-electron chi connectivity index (χ0n) is 12.6. The molecule has 1 aliphatic rings. The molecule has 0 spiro atoms. The number of carbonyl (C=O) groups is 1. The molecule has 0 aromatic heterocycles. The highest BCUT2D eigenvalue weighted by atomic mass is 16.2. The number of amides is 1. The summed E-state index contributed by atoms with van der Waals surface area (Å²) in [5.41, 5.74) is 10.2. The summed E-state index contributed by atoms with van der Waals surface area (Å²) in [5.74, 6) is 0.140. The first-order valence-corrected chi connectivity index (χ1v) is 6.90. The summed E-state index contributed by atoms with van der Waals surface area (Å²) in [7, 11) is 0. The van der Waals surface area contributed by atoms with Crippen molar-refractivity contribution in [2.75, 3.05) is 11.4 Å². The van der Waals surface area contributed by atoms with Crippen LogP contribution in [-0.4, -0.2) is 18.5 Å². The Morgan fingerprint density at radius 1 is 1.21 bits per heavy atom. The topological polar surface area (TPSA) is 46.3 Å². The van der Waals surface area contributed by atoms with E-state index in [1.54, 1.807) is 0 Å². The molecule has 0 saturated carbocycles. The van der Waals surface area contributed by atoms with Crippen molar-refractivity contribution in [1.82, 2.24) is 0 Å². The first-order valence-electron chi connectivity index (χ1n) is 6.90. The van der Waals surface area contributed by atoms with Gasteiger partial charge in [0.1, 0.15) is 0 Å². The van der Waals surface area contributed by atoms with Crippen molar-refractivity contribution in [3.8, 4) is 0 Å². The highest BCUT2D eigenvalue weighted by Crippen LogP contribution is 2.35. The van der Waals surface area contributed by atoms with Gasteiger partial charge < -0.3 is 10.6 Å². The van der Waals surface area contributed by atoms with E-state index in [0.29, 0.717) is 6.54 Å². The van der Waals surface area contributed by atoms with Gasteiger partial charge >= 0.3 is 0 Å². The van der Waals surface area contributed by atoms with Gasteiger partial charge in [-0.2, -0.15) is 0 Å². The molecule has 1 unspecified atom stereocenters. The Morgan fingerprint density at radius 3 is 2.26 bits per heavy atom. The molecule has 0 radical (unpaired) electrons. The standard InChI is InChI=1S/C16H24N2O/c1-10-8-11(2)14(12(3)9-10)18-7-6-13(17)16(4,5)15(18)19/h8-9,13H,6-7,17H2,1-5H3. The number of hydrogen-bond acceptors (Lipinski definition) is 2. The maximum atomic E-state index is 12.7. The second kappa shape index (κ2) is 4.64. The third-order valence-electron chi connectivity index (χ3n) is 4.29.